The Balaban J connectivity index is 2.05. The van der Waals surface area contributed by atoms with Gasteiger partial charge in [-0.25, -0.2) is 0 Å². The van der Waals surface area contributed by atoms with Gasteiger partial charge in [-0.05, 0) is 30.6 Å². The van der Waals surface area contributed by atoms with Gasteiger partial charge in [0.1, 0.15) is 0 Å². The van der Waals surface area contributed by atoms with Gasteiger partial charge in [0.05, 0.1) is 18.7 Å². The number of hydrogen-bond acceptors (Lipinski definition) is 3. The Labute approximate surface area is 96.8 Å². The number of rotatable bonds is 3. The second-order valence-electron chi connectivity index (χ2n) is 5.78. The molecule has 1 heterocycles. The lowest BCUT2D eigenvalue weighted by molar-refractivity contribution is -0.135. The maximum absolute atomic E-state index is 12.2. The predicted octanol–water partition coefficient (Wildman–Crippen LogP) is 0.343. The second-order valence-corrected chi connectivity index (χ2v) is 5.78. The van der Waals surface area contributed by atoms with Crippen LogP contribution in [0.4, 0.5) is 0 Å². The summed E-state index contributed by atoms with van der Waals surface area (Å²) in [6.07, 6.45) is 3.36. The molecule has 0 aromatic heterocycles. The van der Waals surface area contributed by atoms with Gasteiger partial charge in [-0.1, -0.05) is 13.8 Å². The SMILES string of the molecule is CC(C)C(N)C(=O)N1CC2(CC2)CC1CO. The molecule has 1 aliphatic carbocycles. The maximum Gasteiger partial charge on any atom is 0.240 e. The van der Waals surface area contributed by atoms with Crippen LogP contribution in [0.3, 0.4) is 0 Å². The first-order chi connectivity index (χ1) is 7.49. The van der Waals surface area contributed by atoms with Crippen molar-refractivity contribution in [3.05, 3.63) is 0 Å². The monoisotopic (exact) mass is 226 g/mol. The molecule has 1 saturated heterocycles. The Kier molecular flexibility index (Phi) is 2.97. The van der Waals surface area contributed by atoms with Crippen molar-refractivity contribution in [2.24, 2.45) is 17.1 Å². The van der Waals surface area contributed by atoms with Crippen molar-refractivity contribution in [2.45, 2.75) is 45.2 Å². The van der Waals surface area contributed by atoms with Crippen LogP contribution >= 0.6 is 0 Å². The summed E-state index contributed by atoms with van der Waals surface area (Å²) in [6.45, 7) is 4.79. The highest BCUT2D eigenvalue weighted by atomic mass is 16.3. The fourth-order valence-corrected chi connectivity index (χ4v) is 2.60. The average Bonchev–Trinajstić information content (AvgIpc) is 2.88. The van der Waals surface area contributed by atoms with Crippen molar-refractivity contribution in [3.63, 3.8) is 0 Å². The predicted molar refractivity (Wildman–Crippen MR) is 61.7 cm³/mol. The molecule has 3 N–H and O–H groups in total. The summed E-state index contributed by atoms with van der Waals surface area (Å²) in [6, 6.07) is -0.428. The number of aliphatic hydroxyl groups is 1. The van der Waals surface area contributed by atoms with Crippen molar-refractivity contribution >= 4 is 5.91 Å². The van der Waals surface area contributed by atoms with Gasteiger partial charge >= 0.3 is 0 Å². The summed E-state index contributed by atoms with van der Waals surface area (Å²) < 4.78 is 0. The molecule has 0 bridgehead atoms. The number of nitrogens with two attached hydrogens (primary N) is 1. The van der Waals surface area contributed by atoms with Gasteiger partial charge in [0.15, 0.2) is 0 Å². The Hall–Kier alpha value is -0.610. The minimum absolute atomic E-state index is 0.000185. The number of hydrogen-bond donors (Lipinski definition) is 2. The van der Waals surface area contributed by atoms with Crippen LogP contribution in [-0.2, 0) is 4.79 Å². The zero-order valence-electron chi connectivity index (χ0n) is 10.1. The van der Waals surface area contributed by atoms with E-state index >= 15 is 0 Å². The van der Waals surface area contributed by atoms with E-state index in [2.05, 4.69) is 0 Å². The Bertz CT molecular complexity index is 287. The Morgan fingerprint density at radius 1 is 1.56 bits per heavy atom. The van der Waals surface area contributed by atoms with Gasteiger partial charge < -0.3 is 15.7 Å². The van der Waals surface area contributed by atoms with E-state index < -0.39 is 6.04 Å². The number of carbonyl (C=O) groups excluding carboxylic acids is 1. The molecule has 1 aliphatic heterocycles. The van der Waals surface area contributed by atoms with Crippen molar-refractivity contribution in [1.82, 2.24) is 4.90 Å². The fraction of sp³-hybridized carbons (Fsp3) is 0.917. The summed E-state index contributed by atoms with van der Waals surface area (Å²) in [5.41, 5.74) is 6.23. The molecule has 1 amide bonds. The second kappa shape index (κ2) is 4.00. The topological polar surface area (TPSA) is 66.6 Å². The lowest BCUT2D eigenvalue weighted by atomic mass is 10.0. The maximum atomic E-state index is 12.2. The highest BCUT2D eigenvalue weighted by Crippen LogP contribution is 2.54. The van der Waals surface area contributed by atoms with Crippen LogP contribution in [0.2, 0.25) is 0 Å². The first-order valence-electron chi connectivity index (χ1n) is 6.16. The van der Waals surface area contributed by atoms with Crippen LogP contribution in [-0.4, -0.2) is 41.1 Å². The van der Waals surface area contributed by atoms with Gasteiger partial charge in [-0.3, -0.25) is 4.79 Å². The standard InChI is InChI=1S/C12H22N2O2/c1-8(2)10(13)11(16)14-7-12(3-4-12)5-9(14)6-15/h8-10,15H,3-7,13H2,1-2H3. The van der Waals surface area contributed by atoms with Crippen molar-refractivity contribution in [2.75, 3.05) is 13.2 Å². The average molecular weight is 226 g/mol. The quantitative estimate of drug-likeness (QED) is 0.729. The van der Waals surface area contributed by atoms with E-state index in [9.17, 15) is 9.90 Å². The molecule has 1 spiro atoms. The van der Waals surface area contributed by atoms with Gasteiger partial charge in [-0.2, -0.15) is 0 Å². The third kappa shape index (κ3) is 1.96. The molecule has 2 rings (SSSR count). The molecule has 4 nitrogen and oxygen atoms in total. The summed E-state index contributed by atoms with van der Waals surface area (Å²) in [7, 11) is 0. The van der Waals surface area contributed by atoms with Crippen LogP contribution in [0.25, 0.3) is 0 Å². The summed E-state index contributed by atoms with van der Waals surface area (Å²) in [5.74, 6) is 0.167. The number of carbonyl (C=O) groups is 1. The highest BCUT2D eigenvalue weighted by Gasteiger charge is 2.53. The van der Waals surface area contributed by atoms with E-state index in [0.717, 1.165) is 13.0 Å². The van der Waals surface area contributed by atoms with E-state index in [0.29, 0.717) is 5.41 Å². The molecule has 2 aliphatic rings. The van der Waals surface area contributed by atoms with Crippen molar-refractivity contribution in [3.8, 4) is 0 Å². The molecule has 92 valence electrons. The molecule has 2 unspecified atom stereocenters. The summed E-state index contributed by atoms with van der Waals surface area (Å²) in [5, 5.41) is 9.33. The third-order valence-electron chi connectivity index (χ3n) is 4.07. The molecule has 16 heavy (non-hydrogen) atoms. The van der Waals surface area contributed by atoms with Crippen molar-refractivity contribution in [1.29, 1.82) is 0 Å². The van der Waals surface area contributed by atoms with Gasteiger partial charge in [0.2, 0.25) is 5.91 Å². The number of amides is 1. The zero-order chi connectivity index (χ0) is 11.9. The van der Waals surface area contributed by atoms with Crippen LogP contribution in [0, 0.1) is 11.3 Å². The molecule has 2 fully saturated rings. The van der Waals surface area contributed by atoms with Gasteiger partial charge in [0.25, 0.3) is 0 Å². The van der Waals surface area contributed by atoms with Gasteiger partial charge in [0, 0.05) is 6.54 Å². The molecule has 1 saturated carbocycles. The lowest BCUT2D eigenvalue weighted by Crippen LogP contribution is -2.49. The van der Waals surface area contributed by atoms with E-state index in [4.69, 9.17) is 5.73 Å². The van der Waals surface area contributed by atoms with Crippen LogP contribution in [0.5, 0.6) is 0 Å². The molecule has 0 radical (unpaired) electrons. The largest absolute Gasteiger partial charge is 0.394 e. The molecule has 0 aromatic carbocycles. The van der Waals surface area contributed by atoms with Crippen molar-refractivity contribution < 1.29 is 9.90 Å². The van der Waals surface area contributed by atoms with Crippen LogP contribution in [0.15, 0.2) is 0 Å². The Morgan fingerprint density at radius 3 is 2.62 bits per heavy atom. The summed E-state index contributed by atoms with van der Waals surface area (Å²) in [4.78, 5) is 14.0. The third-order valence-corrected chi connectivity index (χ3v) is 4.07. The molecule has 2 atom stereocenters. The zero-order valence-corrected chi connectivity index (χ0v) is 10.1. The van der Waals surface area contributed by atoms with Gasteiger partial charge in [-0.15, -0.1) is 0 Å². The highest BCUT2D eigenvalue weighted by molar-refractivity contribution is 5.82. The van der Waals surface area contributed by atoms with Crippen LogP contribution < -0.4 is 5.73 Å². The smallest absolute Gasteiger partial charge is 0.240 e. The lowest BCUT2D eigenvalue weighted by Gasteiger charge is -2.27. The fourth-order valence-electron chi connectivity index (χ4n) is 2.60. The van der Waals surface area contributed by atoms with E-state index in [-0.39, 0.29) is 24.5 Å². The number of nitrogens with zero attached hydrogens (tertiary/aromatic N) is 1. The number of likely N-dealkylation sites (tertiary alicyclic amines) is 1. The summed E-state index contributed by atoms with van der Waals surface area (Å²) >= 11 is 0. The Morgan fingerprint density at radius 2 is 2.19 bits per heavy atom. The normalized spacial score (nSPS) is 28.8. The first kappa shape index (κ1) is 11.9. The van der Waals surface area contributed by atoms with E-state index in [1.165, 1.54) is 12.8 Å². The van der Waals surface area contributed by atoms with E-state index in [1.807, 2.05) is 18.7 Å². The first-order valence-corrected chi connectivity index (χ1v) is 6.16. The molecular weight excluding hydrogens is 204 g/mol. The number of aliphatic hydroxyl groups excluding tert-OH is 1. The minimum atomic E-state index is -0.428. The molecule has 0 aromatic rings. The van der Waals surface area contributed by atoms with E-state index in [1.54, 1.807) is 0 Å². The van der Waals surface area contributed by atoms with Crippen LogP contribution in [0.1, 0.15) is 33.1 Å². The minimum Gasteiger partial charge on any atom is -0.394 e. The molecule has 4 heteroatoms. The molecular formula is C12H22N2O2.